The highest BCUT2D eigenvalue weighted by atomic mass is 19.1. The number of benzene rings is 2. The van der Waals surface area contributed by atoms with Gasteiger partial charge in [-0.15, -0.1) is 0 Å². The van der Waals surface area contributed by atoms with E-state index >= 15 is 0 Å². The van der Waals surface area contributed by atoms with Crippen LogP contribution < -0.4 is 10.2 Å². The Morgan fingerprint density at radius 2 is 1.82 bits per heavy atom. The number of para-hydroxylation sites is 2. The molecule has 4 aromatic rings. The number of hydrogen-bond donors (Lipinski definition) is 1. The van der Waals surface area contributed by atoms with E-state index in [1.54, 1.807) is 12.1 Å². The number of anilines is 1. The molecule has 0 unspecified atom stereocenters. The van der Waals surface area contributed by atoms with Crippen LogP contribution in [0, 0.1) is 12.7 Å². The Bertz CT molecular complexity index is 1290. The van der Waals surface area contributed by atoms with Crippen molar-refractivity contribution >= 4 is 33.5 Å². The summed E-state index contributed by atoms with van der Waals surface area (Å²) in [5.74, 6) is -0.0676. The highest BCUT2D eigenvalue weighted by Gasteiger charge is 2.19. The van der Waals surface area contributed by atoms with Gasteiger partial charge in [-0.05, 0) is 50.2 Å². The van der Waals surface area contributed by atoms with Crippen LogP contribution in [0.15, 0.2) is 59.0 Å². The lowest BCUT2D eigenvalue weighted by Crippen LogP contribution is -2.47. The molecule has 7 heteroatoms. The fourth-order valence-corrected chi connectivity index (χ4v) is 4.49. The number of pyridine rings is 1. The Hall–Kier alpha value is -3.45. The average molecular weight is 447 g/mol. The van der Waals surface area contributed by atoms with E-state index in [0.717, 1.165) is 61.1 Å². The van der Waals surface area contributed by atoms with Crippen LogP contribution in [0.1, 0.15) is 22.7 Å². The van der Waals surface area contributed by atoms with Crippen LogP contribution in [0.2, 0.25) is 0 Å². The normalized spacial score (nSPS) is 14.8. The number of carbonyl (C=O) groups excluding carboxylic acids is 1. The Morgan fingerprint density at radius 1 is 1.06 bits per heavy atom. The topological polar surface area (TPSA) is 61.6 Å². The Morgan fingerprint density at radius 3 is 2.64 bits per heavy atom. The third-order valence-electron chi connectivity index (χ3n) is 6.28. The number of piperazine rings is 1. The average Bonchev–Trinajstić information content (AvgIpc) is 3.29. The van der Waals surface area contributed by atoms with Gasteiger partial charge in [0.25, 0.3) is 5.91 Å². The standard InChI is InChI=1S/C26H27FN4O2/c1-18-20-17-24(33-25(20)19-7-2-4-9-22(19)29-18)26(32)28-11-6-12-30-13-15-31(16-14-30)23-10-5-3-8-21(23)27/h2-5,7-10,17H,6,11-16H2,1H3,(H,28,32). The molecule has 0 bridgehead atoms. The van der Waals surface area contributed by atoms with Gasteiger partial charge in [0.15, 0.2) is 5.76 Å². The Kier molecular flexibility index (Phi) is 5.96. The summed E-state index contributed by atoms with van der Waals surface area (Å²) in [7, 11) is 0. The summed E-state index contributed by atoms with van der Waals surface area (Å²) >= 11 is 0. The molecule has 0 radical (unpaired) electrons. The molecule has 170 valence electrons. The first kappa shape index (κ1) is 21.4. The fourth-order valence-electron chi connectivity index (χ4n) is 4.49. The van der Waals surface area contributed by atoms with Crippen LogP contribution in [-0.2, 0) is 0 Å². The molecule has 0 spiro atoms. The number of furan rings is 1. The van der Waals surface area contributed by atoms with E-state index in [9.17, 15) is 9.18 Å². The molecule has 0 atom stereocenters. The smallest absolute Gasteiger partial charge is 0.287 e. The van der Waals surface area contributed by atoms with Crippen molar-refractivity contribution in [2.24, 2.45) is 0 Å². The zero-order valence-corrected chi connectivity index (χ0v) is 18.7. The van der Waals surface area contributed by atoms with Crippen molar-refractivity contribution in [3.63, 3.8) is 0 Å². The first-order valence-corrected chi connectivity index (χ1v) is 11.4. The lowest BCUT2D eigenvalue weighted by Gasteiger charge is -2.36. The van der Waals surface area contributed by atoms with Gasteiger partial charge in [0, 0.05) is 49.2 Å². The lowest BCUT2D eigenvalue weighted by molar-refractivity contribution is 0.0926. The SMILES string of the molecule is Cc1nc2ccccc2c2oc(C(=O)NCCCN3CCN(c4ccccc4F)CC3)cc12. The maximum atomic E-state index is 14.0. The van der Waals surface area contributed by atoms with Gasteiger partial charge in [-0.1, -0.05) is 24.3 Å². The zero-order valence-electron chi connectivity index (χ0n) is 18.7. The molecule has 3 heterocycles. The number of amides is 1. The molecule has 1 saturated heterocycles. The van der Waals surface area contributed by atoms with Gasteiger partial charge >= 0.3 is 0 Å². The summed E-state index contributed by atoms with van der Waals surface area (Å²) in [4.78, 5) is 21.7. The van der Waals surface area contributed by atoms with Crippen molar-refractivity contribution in [2.75, 3.05) is 44.2 Å². The highest BCUT2D eigenvalue weighted by molar-refractivity contribution is 6.06. The quantitative estimate of drug-likeness (QED) is 0.446. The zero-order chi connectivity index (χ0) is 22.8. The minimum atomic E-state index is -0.209. The van der Waals surface area contributed by atoms with Gasteiger partial charge in [0.05, 0.1) is 11.2 Å². The number of fused-ring (bicyclic) bond motifs is 3. The van der Waals surface area contributed by atoms with Crippen LogP contribution in [0.4, 0.5) is 10.1 Å². The van der Waals surface area contributed by atoms with Crippen LogP contribution >= 0.6 is 0 Å². The molecule has 2 aromatic heterocycles. The summed E-state index contributed by atoms with van der Waals surface area (Å²) in [5, 5.41) is 4.75. The molecular formula is C26H27FN4O2. The predicted octanol–water partition coefficient (Wildman–Crippen LogP) is 4.37. The third-order valence-corrected chi connectivity index (χ3v) is 6.28. The number of rotatable bonds is 6. The lowest BCUT2D eigenvalue weighted by atomic mass is 10.1. The molecule has 33 heavy (non-hydrogen) atoms. The van der Waals surface area contributed by atoms with Gasteiger partial charge in [-0.3, -0.25) is 14.7 Å². The molecule has 0 aliphatic carbocycles. The molecule has 6 nitrogen and oxygen atoms in total. The van der Waals surface area contributed by atoms with E-state index in [4.69, 9.17) is 4.42 Å². The number of aryl methyl sites for hydroxylation is 1. The number of hydrogen-bond acceptors (Lipinski definition) is 5. The highest BCUT2D eigenvalue weighted by Crippen LogP contribution is 2.29. The third kappa shape index (κ3) is 4.41. The van der Waals surface area contributed by atoms with Crippen molar-refractivity contribution in [1.29, 1.82) is 0 Å². The summed E-state index contributed by atoms with van der Waals surface area (Å²) in [6, 6.07) is 16.5. The molecule has 1 fully saturated rings. The van der Waals surface area contributed by atoms with E-state index in [1.807, 2.05) is 43.3 Å². The summed E-state index contributed by atoms with van der Waals surface area (Å²) in [6.07, 6.45) is 0.842. The number of nitrogens with zero attached hydrogens (tertiary/aromatic N) is 3. The van der Waals surface area contributed by atoms with Crippen LogP contribution in [0.3, 0.4) is 0 Å². The summed E-state index contributed by atoms with van der Waals surface area (Å²) < 4.78 is 19.9. The molecule has 5 rings (SSSR count). The number of aromatic nitrogens is 1. The van der Waals surface area contributed by atoms with E-state index in [-0.39, 0.29) is 11.7 Å². The van der Waals surface area contributed by atoms with Crippen LogP contribution in [0.25, 0.3) is 21.9 Å². The minimum absolute atomic E-state index is 0.168. The molecule has 1 aliphatic rings. The monoisotopic (exact) mass is 446 g/mol. The molecule has 0 saturated carbocycles. The molecule has 2 aromatic carbocycles. The first-order chi connectivity index (χ1) is 16.1. The second kappa shape index (κ2) is 9.19. The van der Waals surface area contributed by atoms with Gasteiger partial charge in [-0.25, -0.2) is 4.39 Å². The maximum absolute atomic E-state index is 14.0. The van der Waals surface area contributed by atoms with Crippen molar-refractivity contribution in [3.8, 4) is 0 Å². The van der Waals surface area contributed by atoms with E-state index in [2.05, 4.69) is 20.1 Å². The van der Waals surface area contributed by atoms with E-state index < -0.39 is 0 Å². The molecule has 1 amide bonds. The van der Waals surface area contributed by atoms with E-state index in [0.29, 0.717) is 23.6 Å². The Labute approximate surface area is 192 Å². The predicted molar refractivity (Wildman–Crippen MR) is 128 cm³/mol. The number of carbonyl (C=O) groups is 1. The van der Waals surface area contributed by atoms with Gasteiger partial charge in [0.2, 0.25) is 0 Å². The maximum Gasteiger partial charge on any atom is 0.287 e. The van der Waals surface area contributed by atoms with Crippen molar-refractivity contribution in [1.82, 2.24) is 15.2 Å². The summed E-state index contributed by atoms with van der Waals surface area (Å²) in [5.41, 5.74) is 3.09. The second-order valence-electron chi connectivity index (χ2n) is 8.46. The summed E-state index contributed by atoms with van der Waals surface area (Å²) in [6.45, 7) is 6.75. The molecule has 1 aliphatic heterocycles. The second-order valence-corrected chi connectivity index (χ2v) is 8.46. The number of halogens is 1. The largest absolute Gasteiger partial charge is 0.450 e. The van der Waals surface area contributed by atoms with Crippen molar-refractivity contribution in [3.05, 3.63) is 71.9 Å². The van der Waals surface area contributed by atoms with Gasteiger partial charge in [0.1, 0.15) is 11.4 Å². The number of nitrogens with one attached hydrogen (secondary N) is 1. The van der Waals surface area contributed by atoms with Gasteiger partial charge < -0.3 is 14.6 Å². The van der Waals surface area contributed by atoms with Crippen molar-refractivity contribution < 1.29 is 13.6 Å². The van der Waals surface area contributed by atoms with Gasteiger partial charge in [-0.2, -0.15) is 0 Å². The van der Waals surface area contributed by atoms with E-state index in [1.165, 1.54) is 6.07 Å². The minimum Gasteiger partial charge on any atom is -0.450 e. The molecule has 1 N–H and O–H groups in total. The van der Waals surface area contributed by atoms with Crippen LogP contribution in [-0.4, -0.2) is 55.1 Å². The first-order valence-electron chi connectivity index (χ1n) is 11.4. The van der Waals surface area contributed by atoms with Crippen molar-refractivity contribution in [2.45, 2.75) is 13.3 Å². The van der Waals surface area contributed by atoms with Crippen LogP contribution in [0.5, 0.6) is 0 Å². The Balaban J connectivity index is 1.13. The fraction of sp³-hybridized carbons (Fsp3) is 0.308. The molecular weight excluding hydrogens is 419 g/mol.